The van der Waals surface area contributed by atoms with Crippen LogP contribution < -0.4 is 5.32 Å². The summed E-state index contributed by atoms with van der Waals surface area (Å²) < 4.78 is 0. The van der Waals surface area contributed by atoms with Crippen LogP contribution in [-0.4, -0.2) is 11.5 Å². The number of pyridine rings is 1. The van der Waals surface area contributed by atoms with Crippen LogP contribution in [0.25, 0.3) is 0 Å². The topological polar surface area (TPSA) is 24.9 Å². The SMILES string of the molecule is CCCNC(CCc1ccccn1)c1cc(C)ccc1C. The average molecular weight is 282 g/mol. The molecule has 1 unspecified atom stereocenters. The maximum absolute atomic E-state index is 4.44. The molecule has 0 fully saturated rings. The van der Waals surface area contributed by atoms with Crippen LogP contribution in [0.15, 0.2) is 42.6 Å². The summed E-state index contributed by atoms with van der Waals surface area (Å²) in [6, 6.07) is 13.3. The molecule has 2 rings (SSSR count). The van der Waals surface area contributed by atoms with Crippen molar-refractivity contribution in [2.75, 3.05) is 6.54 Å². The second-order valence-electron chi connectivity index (χ2n) is 5.73. The minimum Gasteiger partial charge on any atom is -0.310 e. The maximum Gasteiger partial charge on any atom is 0.0404 e. The first-order chi connectivity index (χ1) is 10.2. The first kappa shape index (κ1) is 15.7. The Morgan fingerprint density at radius 3 is 2.71 bits per heavy atom. The fourth-order valence-corrected chi connectivity index (χ4v) is 2.66. The molecule has 1 aromatic carbocycles. The van der Waals surface area contributed by atoms with E-state index in [1.807, 2.05) is 12.3 Å². The highest BCUT2D eigenvalue weighted by atomic mass is 14.9. The fourth-order valence-electron chi connectivity index (χ4n) is 2.66. The van der Waals surface area contributed by atoms with Crippen molar-refractivity contribution < 1.29 is 0 Å². The van der Waals surface area contributed by atoms with Crippen LogP contribution in [-0.2, 0) is 6.42 Å². The van der Waals surface area contributed by atoms with Crippen molar-refractivity contribution in [1.29, 1.82) is 0 Å². The van der Waals surface area contributed by atoms with E-state index in [0.717, 1.165) is 25.8 Å². The van der Waals surface area contributed by atoms with Crippen molar-refractivity contribution in [3.05, 3.63) is 65.0 Å². The lowest BCUT2D eigenvalue weighted by Crippen LogP contribution is -2.23. The van der Waals surface area contributed by atoms with E-state index in [1.54, 1.807) is 0 Å². The van der Waals surface area contributed by atoms with Gasteiger partial charge in [0.05, 0.1) is 0 Å². The molecule has 0 aliphatic rings. The third kappa shape index (κ3) is 4.68. The molecule has 1 atom stereocenters. The molecule has 0 aliphatic heterocycles. The maximum atomic E-state index is 4.44. The van der Waals surface area contributed by atoms with Crippen molar-refractivity contribution in [1.82, 2.24) is 10.3 Å². The Bertz CT molecular complexity index is 549. The number of rotatable bonds is 7. The van der Waals surface area contributed by atoms with Crippen LogP contribution in [0, 0.1) is 13.8 Å². The lowest BCUT2D eigenvalue weighted by Gasteiger charge is -2.21. The first-order valence-corrected chi connectivity index (χ1v) is 7.91. The van der Waals surface area contributed by atoms with E-state index in [1.165, 1.54) is 22.4 Å². The number of hydrogen-bond acceptors (Lipinski definition) is 2. The highest BCUT2D eigenvalue weighted by Crippen LogP contribution is 2.23. The van der Waals surface area contributed by atoms with Crippen molar-refractivity contribution >= 4 is 0 Å². The average Bonchev–Trinajstić information content (AvgIpc) is 2.51. The van der Waals surface area contributed by atoms with Crippen LogP contribution in [0.1, 0.15) is 48.2 Å². The highest BCUT2D eigenvalue weighted by Gasteiger charge is 2.13. The molecule has 2 nitrogen and oxygen atoms in total. The minimum atomic E-state index is 0.409. The molecule has 112 valence electrons. The monoisotopic (exact) mass is 282 g/mol. The van der Waals surface area contributed by atoms with E-state index in [-0.39, 0.29) is 0 Å². The molecule has 0 saturated carbocycles. The van der Waals surface area contributed by atoms with Gasteiger partial charge in [0.15, 0.2) is 0 Å². The van der Waals surface area contributed by atoms with E-state index in [0.29, 0.717) is 6.04 Å². The molecule has 2 heteroatoms. The molecule has 0 bridgehead atoms. The van der Waals surface area contributed by atoms with Crippen LogP contribution in [0.5, 0.6) is 0 Å². The molecular weight excluding hydrogens is 256 g/mol. The Morgan fingerprint density at radius 2 is 2.00 bits per heavy atom. The molecule has 0 amide bonds. The third-order valence-electron chi connectivity index (χ3n) is 3.87. The number of nitrogens with zero attached hydrogens (tertiary/aromatic N) is 1. The molecule has 0 spiro atoms. The summed E-state index contributed by atoms with van der Waals surface area (Å²) in [6.07, 6.45) is 5.13. The van der Waals surface area contributed by atoms with Crippen molar-refractivity contribution in [2.45, 2.75) is 46.1 Å². The number of hydrogen-bond donors (Lipinski definition) is 1. The van der Waals surface area contributed by atoms with Gasteiger partial charge in [-0.2, -0.15) is 0 Å². The van der Waals surface area contributed by atoms with Gasteiger partial charge < -0.3 is 5.32 Å². The predicted molar refractivity (Wildman–Crippen MR) is 89.5 cm³/mol. The van der Waals surface area contributed by atoms with Crippen LogP contribution >= 0.6 is 0 Å². The van der Waals surface area contributed by atoms with E-state index >= 15 is 0 Å². The quantitative estimate of drug-likeness (QED) is 0.815. The zero-order chi connectivity index (χ0) is 15.1. The van der Waals surface area contributed by atoms with Crippen molar-refractivity contribution in [2.24, 2.45) is 0 Å². The van der Waals surface area contributed by atoms with Gasteiger partial charge in [-0.05, 0) is 62.9 Å². The van der Waals surface area contributed by atoms with Crippen LogP contribution in [0.3, 0.4) is 0 Å². The van der Waals surface area contributed by atoms with E-state index in [9.17, 15) is 0 Å². The number of nitrogens with one attached hydrogen (secondary N) is 1. The van der Waals surface area contributed by atoms with E-state index in [4.69, 9.17) is 0 Å². The Kier molecular flexibility index (Phi) is 5.94. The third-order valence-corrected chi connectivity index (χ3v) is 3.87. The summed E-state index contributed by atoms with van der Waals surface area (Å²) in [7, 11) is 0. The second kappa shape index (κ2) is 7.94. The number of aromatic nitrogens is 1. The van der Waals surface area contributed by atoms with Gasteiger partial charge >= 0.3 is 0 Å². The lowest BCUT2D eigenvalue weighted by molar-refractivity contribution is 0.495. The summed E-state index contributed by atoms with van der Waals surface area (Å²) in [6.45, 7) is 7.64. The van der Waals surface area contributed by atoms with Gasteiger partial charge in [0.1, 0.15) is 0 Å². The molecule has 21 heavy (non-hydrogen) atoms. The molecule has 0 aliphatic carbocycles. The number of aryl methyl sites for hydroxylation is 3. The summed E-state index contributed by atoms with van der Waals surface area (Å²) in [5, 5.41) is 3.70. The zero-order valence-corrected chi connectivity index (χ0v) is 13.4. The molecule has 1 aromatic heterocycles. The Morgan fingerprint density at radius 1 is 1.14 bits per heavy atom. The minimum absolute atomic E-state index is 0.409. The molecule has 1 N–H and O–H groups in total. The Hall–Kier alpha value is -1.67. The van der Waals surface area contributed by atoms with Gasteiger partial charge in [-0.1, -0.05) is 36.8 Å². The normalized spacial score (nSPS) is 12.3. The molecular formula is C19H26N2. The number of benzene rings is 1. The second-order valence-corrected chi connectivity index (χ2v) is 5.73. The highest BCUT2D eigenvalue weighted by molar-refractivity contribution is 5.33. The van der Waals surface area contributed by atoms with Gasteiger partial charge in [-0.3, -0.25) is 4.98 Å². The van der Waals surface area contributed by atoms with E-state index in [2.05, 4.69) is 61.4 Å². The van der Waals surface area contributed by atoms with Gasteiger partial charge in [0.25, 0.3) is 0 Å². The Balaban J connectivity index is 2.12. The Labute approximate surface area is 128 Å². The smallest absolute Gasteiger partial charge is 0.0404 e. The zero-order valence-electron chi connectivity index (χ0n) is 13.4. The molecule has 0 saturated heterocycles. The molecule has 0 radical (unpaired) electrons. The summed E-state index contributed by atoms with van der Waals surface area (Å²) in [4.78, 5) is 4.44. The van der Waals surface area contributed by atoms with E-state index < -0.39 is 0 Å². The fraction of sp³-hybridized carbons (Fsp3) is 0.421. The molecule has 1 heterocycles. The summed E-state index contributed by atoms with van der Waals surface area (Å²) >= 11 is 0. The summed E-state index contributed by atoms with van der Waals surface area (Å²) in [5.74, 6) is 0. The van der Waals surface area contributed by atoms with Crippen molar-refractivity contribution in [3.63, 3.8) is 0 Å². The van der Waals surface area contributed by atoms with Gasteiger partial charge in [0.2, 0.25) is 0 Å². The molecule has 2 aromatic rings. The van der Waals surface area contributed by atoms with Gasteiger partial charge in [-0.15, -0.1) is 0 Å². The van der Waals surface area contributed by atoms with Gasteiger partial charge in [-0.25, -0.2) is 0 Å². The van der Waals surface area contributed by atoms with Crippen LogP contribution in [0.4, 0.5) is 0 Å². The van der Waals surface area contributed by atoms with Crippen LogP contribution in [0.2, 0.25) is 0 Å². The largest absolute Gasteiger partial charge is 0.310 e. The predicted octanol–water partition coefficient (Wildman–Crippen LogP) is 4.37. The first-order valence-electron chi connectivity index (χ1n) is 7.91. The van der Waals surface area contributed by atoms with Crippen molar-refractivity contribution in [3.8, 4) is 0 Å². The summed E-state index contributed by atoms with van der Waals surface area (Å²) in [5.41, 5.74) is 5.30. The lowest BCUT2D eigenvalue weighted by atomic mass is 9.95. The van der Waals surface area contributed by atoms with Gasteiger partial charge in [0, 0.05) is 17.9 Å². The standard InChI is InChI=1S/C19H26N2/c1-4-12-21-19(11-10-17-7-5-6-13-20-17)18-14-15(2)8-9-16(18)3/h5-9,13-14,19,21H,4,10-12H2,1-3H3.